The Morgan fingerprint density at radius 3 is 2.55 bits per heavy atom. The first-order valence-electron chi connectivity index (χ1n) is 13.7. The lowest BCUT2D eigenvalue weighted by Gasteiger charge is -2.34. The Labute approximate surface area is 231 Å². The topological polar surface area (TPSA) is 149 Å². The van der Waals surface area contributed by atoms with E-state index >= 15 is 0 Å². The third-order valence-electron chi connectivity index (χ3n) is 8.16. The molecular formula is C29H31N7O4. The molecule has 0 saturated heterocycles. The molecule has 1 saturated carbocycles. The van der Waals surface area contributed by atoms with Crippen molar-refractivity contribution in [2.75, 3.05) is 4.90 Å². The van der Waals surface area contributed by atoms with Crippen LogP contribution in [0.4, 0.5) is 5.69 Å². The quantitative estimate of drug-likeness (QED) is 0.339. The molecule has 11 heteroatoms. The molecule has 206 valence electrons. The summed E-state index contributed by atoms with van der Waals surface area (Å²) in [4.78, 5) is 55.4. The van der Waals surface area contributed by atoms with Gasteiger partial charge in [0.25, 0.3) is 5.91 Å². The lowest BCUT2D eigenvalue weighted by atomic mass is 9.79. The van der Waals surface area contributed by atoms with Gasteiger partial charge in [-0.2, -0.15) is 15.4 Å². The normalized spacial score (nSPS) is 20.6. The van der Waals surface area contributed by atoms with Crippen LogP contribution in [0.3, 0.4) is 0 Å². The van der Waals surface area contributed by atoms with Gasteiger partial charge < -0.3 is 16.0 Å². The van der Waals surface area contributed by atoms with E-state index in [1.807, 2.05) is 24.3 Å². The number of aromatic amines is 1. The molecule has 3 atom stereocenters. The lowest BCUT2D eigenvalue weighted by Crippen LogP contribution is -2.59. The second-order valence-corrected chi connectivity index (χ2v) is 10.6. The molecule has 4 N–H and O–H groups in total. The van der Waals surface area contributed by atoms with Gasteiger partial charge >= 0.3 is 0 Å². The highest BCUT2D eigenvalue weighted by molar-refractivity contribution is 6.08. The number of anilines is 1. The smallest absolute Gasteiger partial charge is 0.251 e. The van der Waals surface area contributed by atoms with Crippen LogP contribution in [0.5, 0.6) is 0 Å². The lowest BCUT2D eigenvalue weighted by molar-refractivity contribution is -0.131. The van der Waals surface area contributed by atoms with E-state index in [1.54, 1.807) is 29.2 Å². The molecule has 11 nitrogen and oxygen atoms in total. The molecule has 3 heterocycles. The second kappa shape index (κ2) is 10.9. The average molecular weight is 542 g/mol. The van der Waals surface area contributed by atoms with Crippen molar-refractivity contribution < 1.29 is 19.2 Å². The molecule has 1 fully saturated rings. The summed E-state index contributed by atoms with van der Waals surface area (Å²) in [5, 5.41) is 19.0. The Kier molecular flexibility index (Phi) is 7.02. The van der Waals surface area contributed by atoms with Crippen LogP contribution in [-0.2, 0) is 33.8 Å². The number of H-pyrrole nitrogens is 1. The van der Waals surface area contributed by atoms with Crippen molar-refractivity contribution in [3.05, 3.63) is 77.1 Å². The fourth-order valence-electron chi connectivity index (χ4n) is 5.83. The van der Waals surface area contributed by atoms with Gasteiger partial charge in [-0.1, -0.05) is 42.8 Å². The van der Waals surface area contributed by atoms with Gasteiger partial charge in [-0.3, -0.25) is 24.1 Å². The van der Waals surface area contributed by atoms with Gasteiger partial charge in [-0.15, -0.1) is 0 Å². The number of carbonyl (C=O) groups is 4. The maximum Gasteiger partial charge on any atom is 0.251 e. The second-order valence-electron chi connectivity index (χ2n) is 10.6. The molecule has 6 rings (SSSR count). The summed E-state index contributed by atoms with van der Waals surface area (Å²) in [5.41, 5.74) is 3.73. The van der Waals surface area contributed by atoms with Gasteiger partial charge in [-0.25, -0.2) is 0 Å². The van der Waals surface area contributed by atoms with Crippen molar-refractivity contribution >= 4 is 29.3 Å². The molecule has 2 aromatic carbocycles. The monoisotopic (exact) mass is 541 g/mol. The highest BCUT2D eigenvalue weighted by Gasteiger charge is 2.45. The first-order valence-corrected chi connectivity index (χ1v) is 13.7. The van der Waals surface area contributed by atoms with Crippen molar-refractivity contribution in [1.29, 1.82) is 0 Å². The number of nitrogens with one attached hydrogen (secondary N) is 4. The molecular weight excluding hydrogens is 510 g/mol. The number of aromatic nitrogens is 3. The average Bonchev–Trinajstić information content (AvgIpc) is 3.58. The summed E-state index contributed by atoms with van der Waals surface area (Å²) in [5.74, 6) is -1.29. The fraction of sp³-hybridized carbons (Fsp3) is 0.379. The van der Waals surface area contributed by atoms with E-state index in [-0.39, 0.29) is 36.1 Å². The molecule has 4 amide bonds. The minimum atomic E-state index is -0.826. The number of amides is 4. The third-order valence-corrected chi connectivity index (χ3v) is 8.16. The van der Waals surface area contributed by atoms with Crippen molar-refractivity contribution in [2.45, 2.75) is 63.2 Å². The van der Waals surface area contributed by atoms with Crippen LogP contribution in [-0.4, -0.2) is 57.2 Å². The number of rotatable bonds is 8. The first-order chi connectivity index (χ1) is 19.5. The maximum atomic E-state index is 14.0. The Morgan fingerprint density at radius 2 is 1.82 bits per heavy atom. The molecule has 2 aliphatic heterocycles. The van der Waals surface area contributed by atoms with Crippen LogP contribution >= 0.6 is 0 Å². The summed E-state index contributed by atoms with van der Waals surface area (Å²) >= 11 is 0. The predicted octanol–water partition coefficient (Wildman–Crippen LogP) is 1.41. The highest BCUT2D eigenvalue weighted by Crippen LogP contribution is 2.39. The van der Waals surface area contributed by atoms with Gasteiger partial charge in [-0.05, 0) is 54.9 Å². The minimum Gasteiger partial charge on any atom is -0.348 e. The Morgan fingerprint density at radius 1 is 1.02 bits per heavy atom. The molecule has 40 heavy (non-hydrogen) atoms. The minimum absolute atomic E-state index is 0.0131. The number of hydrogen-bond acceptors (Lipinski definition) is 6. The van der Waals surface area contributed by atoms with Crippen LogP contribution < -0.4 is 20.9 Å². The Bertz CT molecular complexity index is 1420. The predicted molar refractivity (Wildman–Crippen MR) is 145 cm³/mol. The molecule has 1 aromatic heterocycles. The van der Waals surface area contributed by atoms with E-state index in [2.05, 4.69) is 31.4 Å². The zero-order chi connectivity index (χ0) is 27.6. The zero-order valence-corrected chi connectivity index (χ0v) is 21.9. The largest absolute Gasteiger partial charge is 0.348 e. The standard InChI is InChI=1S/C29H31N7O4/c37-26(19-6-2-1-3-7-19)33-24(17-8-4-9-17)28(39)32-22-13-12-18-10-5-11-20-14-23(36(25(18)20)29(22)40)27(38)30-15-21-16-31-35-34-21/h1-3,5-7,10-11,16-17,22-24H,4,8-9,12-15H2,(H,30,38)(H,32,39)(H,33,37)(H,31,34,35)/t22-,23-,24-/m0/s1. The van der Waals surface area contributed by atoms with Gasteiger partial charge in [0.05, 0.1) is 18.4 Å². The van der Waals surface area contributed by atoms with E-state index in [1.165, 1.54) is 6.20 Å². The van der Waals surface area contributed by atoms with Crippen LogP contribution in [0.2, 0.25) is 0 Å². The molecule has 3 aliphatic rings. The summed E-state index contributed by atoms with van der Waals surface area (Å²) in [6.07, 6.45) is 5.55. The first kappa shape index (κ1) is 25.7. The van der Waals surface area contributed by atoms with Crippen molar-refractivity contribution in [2.24, 2.45) is 5.92 Å². The van der Waals surface area contributed by atoms with E-state index in [4.69, 9.17) is 0 Å². The van der Waals surface area contributed by atoms with E-state index < -0.39 is 18.1 Å². The number of hydrogen-bond donors (Lipinski definition) is 4. The SMILES string of the molecule is O=C(N[C@H](C(=O)N[C@H]1CCc2cccc3c2N(C1=O)[C@H](C(=O)NCc1cn[nH]n1)C3)C1CCC1)c1ccccc1. The van der Waals surface area contributed by atoms with Crippen molar-refractivity contribution in [3.8, 4) is 0 Å². The summed E-state index contributed by atoms with van der Waals surface area (Å²) in [7, 11) is 0. The van der Waals surface area contributed by atoms with Gasteiger partial charge in [0.2, 0.25) is 17.7 Å². The van der Waals surface area contributed by atoms with Crippen molar-refractivity contribution in [1.82, 2.24) is 31.4 Å². The Balaban J connectivity index is 1.20. The van der Waals surface area contributed by atoms with Crippen LogP contribution in [0.25, 0.3) is 0 Å². The molecule has 0 spiro atoms. The molecule has 1 aliphatic carbocycles. The summed E-state index contributed by atoms with van der Waals surface area (Å²) in [6, 6.07) is 12.3. The van der Waals surface area contributed by atoms with Crippen molar-refractivity contribution in [3.63, 3.8) is 0 Å². The van der Waals surface area contributed by atoms with Gasteiger partial charge in [0, 0.05) is 12.0 Å². The summed E-state index contributed by atoms with van der Waals surface area (Å²) in [6.45, 7) is 0.182. The van der Waals surface area contributed by atoms with Crippen LogP contribution in [0, 0.1) is 5.92 Å². The molecule has 0 radical (unpaired) electrons. The number of para-hydroxylation sites is 1. The third kappa shape index (κ3) is 4.94. The van der Waals surface area contributed by atoms with Gasteiger partial charge in [0.1, 0.15) is 23.8 Å². The van der Waals surface area contributed by atoms with Gasteiger partial charge in [0.15, 0.2) is 0 Å². The molecule has 0 unspecified atom stereocenters. The fourth-order valence-corrected chi connectivity index (χ4v) is 5.83. The van der Waals surface area contributed by atoms with E-state index in [0.717, 1.165) is 36.1 Å². The van der Waals surface area contributed by atoms with E-state index in [0.29, 0.717) is 30.5 Å². The zero-order valence-electron chi connectivity index (χ0n) is 21.9. The number of nitrogens with zero attached hydrogens (tertiary/aromatic N) is 3. The Hall–Kier alpha value is -4.54. The number of benzene rings is 2. The van der Waals surface area contributed by atoms with E-state index in [9.17, 15) is 19.2 Å². The highest BCUT2D eigenvalue weighted by atomic mass is 16.2. The molecule has 3 aromatic rings. The van der Waals surface area contributed by atoms with Crippen LogP contribution in [0.1, 0.15) is 52.9 Å². The summed E-state index contributed by atoms with van der Waals surface area (Å²) < 4.78 is 0. The van der Waals surface area contributed by atoms with Crippen LogP contribution in [0.15, 0.2) is 54.7 Å². The number of aryl methyl sites for hydroxylation is 1. The number of carbonyl (C=O) groups excluding carboxylic acids is 4. The maximum absolute atomic E-state index is 14.0. The molecule has 0 bridgehead atoms.